The van der Waals surface area contributed by atoms with Gasteiger partial charge in [0.25, 0.3) is 0 Å². The van der Waals surface area contributed by atoms with Crippen molar-refractivity contribution in [2.45, 2.75) is 31.6 Å². The van der Waals surface area contributed by atoms with Crippen molar-refractivity contribution in [3.63, 3.8) is 0 Å². The lowest BCUT2D eigenvalue weighted by molar-refractivity contribution is 0.0754. The lowest BCUT2D eigenvalue weighted by atomic mass is 10.0. The second kappa shape index (κ2) is 11.6. The molecule has 32 heavy (non-hydrogen) atoms. The van der Waals surface area contributed by atoms with Gasteiger partial charge in [0.2, 0.25) is 0 Å². The minimum atomic E-state index is -0.755. The van der Waals surface area contributed by atoms with Crippen molar-refractivity contribution >= 4 is 6.08 Å². The van der Waals surface area contributed by atoms with E-state index in [9.17, 15) is 15.3 Å². The van der Waals surface area contributed by atoms with Crippen molar-refractivity contribution in [1.82, 2.24) is 9.55 Å². The highest BCUT2D eigenvalue weighted by Crippen LogP contribution is 2.24. The van der Waals surface area contributed by atoms with Gasteiger partial charge in [-0.15, -0.1) is 0 Å². The zero-order valence-electron chi connectivity index (χ0n) is 18.1. The minimum absolute atomic E-state index is 0.0992. The molecule has 0 bridgehead atoms. The topological polar surface area (TPSA) is 108 Å². The molecule has 0 radical (unpaired) electrons. The van der Waals surface area contributed by atoms with Crippen molar-refractivity contribution in [3.8, 4) is 16.9 Å². The number of imidazole rings is 1. The van der Waals surface area contributed by atoms with Gasteiger partial charge in [0, 0.05) is 18.8 Å². The first-order chi connectivity index (χ1) is 15.5. The maximum atomic E-state index is 9.84. The van der Waals surface area contributed by atoms with E-state index >= 15 is 0 Å². The highest BCUT2D eigenvalue weighted by molar-refractivity contribution is 5.66. The van der Waals surface area contributed by atoms with Gasteiger partial charge in [0.15, 0.2) is 0 Å². The highest BCUT2D eigenvalue weighted by Gasteiger charge is 2.14. The van der Waals surface area contributed by atoms with Crippen LogP contribution in [0.5, 0.6) is 5.75 Å². The molecule has 1 heterocycles. The molecule has 3 aromatic rings. The molecule has 0 amide bonds. The summed E-state index contributed by atoms with van der Waals surface area (Å²) in [7, 11) is 0. The minimum Gasteiger partial charge on any atom is -0.493 e. The van der Waals surface area contributed by atoms with Crippen LogP contribution in [0.2, 0.25) is 0 Å². The second-order valence-electron chi connectivity index (χ2n) is 7.60. The molecule has 2 aromatic carbocycles. The van der Waals surface area contributed by atoms with E-state index < -0.39 is 12.2 Å². The Hall–Kier alpha value is -2.97. The lowest BCUT2D eigenvalue weighted by Crippen LogP contribution is -2.15. The Kier molecular flexibility index (Phi) is 8.58. The first kappa shape index (κ1) is 23.7. The third-order valence-corrected chi connectivity index (χ3v) is 5.16. The van der Waals surface area contributed by atoms with E-state index in [2.05, 4.69) is 4.98 Å². The number of ether oxygens (including phenoxy) is 1. The molecular weight excluding hydrogens is 408 g/mol. The van der Waals surface area contributed by atoms with E-state index in [-0.39, 0.29) is 19.3 Å². The Bertz CT molecular complexity index is 980. The van der Waals surface area contributed by atoms with Crippen LogP contribution in [0.3, 0.4) is 0 Å². The van der Waals surface area contributed by atoms with Crippen LogP contribution in [0.25, 0.3) is 17.2 Å². The Morgan fingerprint density at radius 3 is 2.22 bits per heavy atom. The van der Waals surface area contributed by atoms with Crippen LogP contribution in [-0.2, 0) is 0 Å². The third kappa shape index (κ3) is 6.27. The molecule has 3 unspecified atom stereocenters. The summed E-state index contributed by atoms with van der Waals surface area (Å²) in [4.78, 5) is 4.16. The summed E-state index contributed by atoms with van der Waals surface area (Å²) in [6.45, 7) is 1.63. The van der Waals surface area contributed by atoms with Crippen molar-refractivity contribution < 1.29 is 25.2 Å². The summed E-state index contributed by atoms with van der Waals surface area (Å²) in [5.74, 6) is 1.23. The van der Waals surface area contributed by atoms with Crippen LogP contribution in [0, 0.1) is 0 Å². The molecule has 0 aliphatic heterocycles. The first-order valence-electron chi connectivity index (χ1n) is 10.6. The number of aromatic nitrogens is 2. The molecule has 0 aliphatic rings. The maximum Gasteiger partial charge on any atom is 0.137 e. The van der Waals surface area contributed by atoms with E-state index in [1.165, 1.54) is 0 Å². The van der Waals surface area contributed by atoms with Crippen LogP contribution in [0.15, 0.2) is 67.0 Å². The summed E-state index contributed by atoms with van der Waals surface area (Å²) in [5, 5.41) is 37.8. The number of benzene rings is 2. The van der Waals surface area contributed by atoms with Crippen molar-refractivity contribution in [2.24, 2.45) is 0 Å². The number of aliphatic hydroxyl groups excluding tert-OH is 4. The van der Waals surface area contributed by atoms with Crippen LogP contribution >= 0.6 is 0 Å². The standard InChI is InChI=1S/C25H30N2O5/c1-18(30)25-26-13-14-27(25)22(16-28)9-4-19-2-5-20(6-3-19)21-7-10-24(11-8-21)32-15-12-23(31)17-29/h2-11,13-14,18,22-23,28-31H,12,15-17H2,1H3/b9-4+. The average molecular weight is 439 g/mol. The molecular formula is C25H30N2O5. The number of rotatable bonds is 11. The van der Waals surface area contributed by atoms with Gasteiger partial charge in [-0.25, -0.2) is 4.98 Å². The number of aliphatic hydroxyl groups is 4. The van der Waals surface area contributed by atoms with Crippen molar-refractivity contribution in [3.05, 3.63) is 78.4 Å². The number of nitrogens with zero attached hydrogens (tertiary/aromatic N) is 2. The SMILES string of the molecule is CC(O)c1nccn1C(/C=C/c1ccc(-c2ccc(OCCC(O)CO)cc2)cc1)CO. The Labute approximate surface area is 187 Å². The molecule has 7 heteroatoms. The van der Waals surface area contributed by atoms with Gasteiger partial charge < -0.3 is 29.7 Å². The van der Waals surface area contributed by atoms with E-state index in [0.29, 0.717) is 24.6 Å². The summed E-state index contributed by atoms with van der Waals surface area (Å²) in [6, 6.07) is 15.5. The summed E-state index contributed by atoms with van der Waals surface area (Å²) in [5.41, 5.74) is 3.11. The van der Waals surface area contributed by atoms with Gasteiger partial charge in [-0.05, 0) is 35.7 Å². The third-order valence-electron chi connectivity index (χ3n) is 5.16. The molecule has 0 fully saturated rings. The van der Waals surface area contributed by atoms with Crippen molar-refractivity contribution in [1.29, 1.82) is 0 Å². The Morgan fingerprint density at radius 2 is 1.62 bits per heavy atom. The molecule has 4 N–H and O–H groups in total. The molecule has 3 atom stereocenters. The number of hydrogen-bond acceptors (Lipinski definition) is 6. The van der Waals surface area contributed by atoms with E-state index in [1.54, 1.807) is 23.9 Å². The quantitative estimate of drug-likeness (QED) is 0.367. The summed E-state index contributed by atoms with van der Waals surface area (Å²) < 4.78 is 7.35. The maximum absolute atomic E-state index is 9.84. The average Bonchev–Trinajstić information content (AvgIpc) is 3.30. The molecule has 1 aromatic heterocycles. The molecule has 0 saturated heterocycles. The molecule has 0 spiro atoms. The normalized spacial score (nSPS) is 14.4. The van der Waals surface area contributed by atoms with Crippen LogP contribution < -0.4 is 4.74 Å². The van der Waals surface area contributed by atoms with Gasteiger partial charge >= 0.3 is 0 Å². The smallest absolute Gasteiger partial charge is 0.137 e. The summed E-state index contributed by atoms with van der Waals surface area (Å²) >= 11 is 0. The highest BCUT2D eigenvalue weighted by atomic mass is 16.5. The fourth-order valence-corrected chi connectivity index (χ4v) is 3.33. The van der Waals surface area contributed by atoms with Gasteiger partial charge in [-0.1, -0.05) is 48.6 Å². The second-order valence-corrected chi connectivity index (χ2v) is 7.60. The van der Waals surface area contributed by atoms with Gasteiger partial charge in [0.05, 0.1) is 32.0 Å². The predicted molar refractivity (Wildman–Crippen MR) is 123 cm³/mol. The monoisotopic (exact) mass is 438 g/mol. The zero-order valence-corrected chi connectivity index (χ0v) is 18.1. The van der Waals surface area contributed by atoms with Crippen LogP contribution in [0.4, 0.5) is 0 Å². The largest absolute Gasteiger partial charge is 0.493 e. The van der Waals surface area contributed by atoms with Crippen LogP contribution in [-0.4, -0.2) is 55.9 Å². The molecule has 0 aliphatic carbocycles. The Balaban J connectivity index is 1.62. The predicted octanol–water partition coefficient (Wildman–Crippen LogP) is 2.97. The fourth-order valence-electron chi connectivity index (χ4n) is 3.33. The van der Waals surface area contributed by atoms with Gasteiger partial charge in [-0.2, -0.15) is 0 Å². The lowest BCUT2D eigenvalue weighted by Gasteiger charge is -2.16. The van der Waals surface area contributed by atoms with Crippen LogP contribution in [0.1, 0.15) is 36.9 Å². The van der Waals surface area contributed by atoms with E-state index in [1.807, 2.05) is 60.7 Å². The molecule has 0 saturated carbocycles. The molecule has 170 valence electrons. The first-order valence-corrected chi connectivity index (χ1v) is 10.6. The van der Waals surface area contributed by atoms with E-state index in [4.69, 9.17) is 9.84 Å². The number of hydrogen-bond donors (Lipinski definition) is 4. The van der Waals surface area contributed by atoms with Gasteiger partial charge in [-0.3, -0.25) is 0 Å². The fraction of sp³-hybridized carbons (Fsp3) is 0.320. The molecule has 3 rings (SSSR count). The summed E-state index contributed by atoms with van der Waals surface area (Å²) in [6.07, 6.45) is 6.11. The molecule has 7 nitrogen and oxygen atoms in total. The van der Waals surface area contributed by atoms with E-state index in [0.717, 1.165) is 16.7 Å². The zero-order chi connectivity index (χ0) is 22.9. The van der Waals surface area contributed by atoms with Gasteiger partial charge in [0.1, 0.15) is 17.7 Å². The van der Waals surface area contributed by atoms with Crippen molar-refractivity contribution in [2.75, 3.05) is 19.8 Å². The Morgan fingerprint density at radius 1 is 0.969 bits per heavy atom.